The molecular weight excluding hydrogens is 973 g/mol. The first-order valence-corrected chi connectivity index (χ1v) is 26.8. The highest BCUT2D eigenvalue weighted by Gasteiger charge is 2.37. The molecule has 402 valence electrons. The topological polar surface area (TPSA) is 171 Å². The number of carbonyl (C=O) groups is 3. The van der Waals surface area contributed by atoms with E-state index in [1.165, 1.54) is 43.6 Å². The van der Waals surface area contributed by atoms with E-state index < -0.39 is 11.2 Å². The molecule has 0 saturated carbocycles. The fourth-order valence-electron chi connectivity index (χ4n) is 10.2. The molecule has 8 aromatic rings. The Kier molecular flexibility index (Phi) is 15.2. The van der Waals surface area contributed by atoms with Crippen molar-refractivity contribution < 1.29 is 33.3 Å². The predicted octanol–water partition coefficient (Wildman–Crippen LogP) is 9.98. The second-order valence-electron chi connectivity index (χ2n) is 22.4. The van der Waals surface area contributed by atoms with Gasteiger partial charge < -0.3 is 43.2 Å². The number of hydrogen-bond donors (Lipinski definition) is 1. The Morgan fingerprint density at radius 2 is 1.00 bits per heavy atom. The number of carbonyl (C=O) groups excluding carboxylic acids is 3. The molecule has 2 aromatic carbocycles. The molecule has 0 bridgehead atoms. The molecule has 0 aliphatic carbocycles. The number of nitrogens with one attached hydrogen (secondary N) is 1. The highest BCUT2D eigenvalue weighted by Crippen LogP contribution is 2.34. The number of nitrogens with zero attached hydrogens (tertiary/aromatic N) is 9. The fraction of sp³-hybridized carbons (Fsp3) is 0.417. The summed E-state index contributed by atoms with van der Waals surface area (Å²) in [6, 6.07) is 25.7. The van der Waals surface area contributed by atoms with Crippen LogP contribution in [0.25, 0.3) is 65.9 Å². The van der Waals surface area contributed by atoms with Gasteiger partial charge in [-0.25, -0.2) is 19.6 Å². The van der Waals surface area contributed by atoms with Crippen LogP contribution in [0.4, 0.5) is 9.59 Å². The summed E-state index contributed by atoms with van der Waals surface area (Å²) in [5.74, 6) is 1.58. The molecule has 4 fully saturated rings. The largest absolute Gasteiger partial charge is 0.472 e. The summed E-state index contributed by atoms with van der Waals surface area (Å²) in [5, 5.41) is 7.97. The molecule has 0 spiro atoms. The van der Waals surface area contributed by atoms with Gasteiger partial charge in [0.2, 0.25) is 11.8 Å². The van der Waals surface area contributed by atoms with Crippen molar-refractivity contribution in [3.63, 3.8) is 0 Å². The van der Waals surface area contributed by atoms with Gasteiger partial charge in [-0.05, 0) is 102 Å². The first-order valence-electron chi connectivity index (χ1n) is 26.8. The van der Waals surface area contributed by atoms with Crippen LogP contribution in [0.15, 0.2) is 110 Å². The number of amides is 2. The van der Waals surface area contributed by atoms with Crippen LogP contribution in [0.1, 0.15) is 67.2 Å². The van der Waals surface area contributed by atoms with Crippen molar-refractivity contribution in [1.82, 2.24) is 49.1 Å². The third-order valence-corrected chi connectivity index (χ3v) is 14.6. The normalized spacial score (nSPS) is 16.8. The maximum atomic E-state index is 12.3. The third-order valence-electron chi connectivity index (χ3n) is 14.6. The lowest BCUT2D eigenvalue weighted by Crippen LogP contribution is -2.60. The van der Waals surface area contributed by atoms with Crippen LogP contribution in [-0.2, 0) is 28.4 Å². The van der Waals surface area contributed by atoms with Crippen molar-refractivity contribution in [2.75, 3.05) is 52.4 Å². The molecule has 1 N–H and O–H groups in total. The number of fused-ring (bicyclic) bond motifs is 6. The summed E-state index contributed by atoms with van der Waals surface area (Å²) in [6.07, 6.45) is 14.0. The Morgan fingerprint density at radius 3 is 1.43 bits per heavy atom. The Labute approximate surface area is 449 Å². The van der Waals surface area contributed by atoms with E-state index in [-0.39, 0.29) is 30.2 Å². The van der Waals surface area contributed by atoms with E-state index in [1.54, 1.807) is 4.90 Å². The van der Waals surface area contributed by atoms with Crippen molar-refractivity contribution in [3.8, 4) is 34.0 Å². The molecule has 0 radical (unpaired) electrons. The predicted molar refractivity (Wildman–Crippen MR) is 299 cm³/mol. The number of aromatic nitrogens is 6. The van der Waals surface area contributed by atoms with Crippen molar-refractivity contribution in [1.29, 1.82) is 0 Å². The smallest absolute Gasteiger partial charge is 0.410 e. The fourth-order valence-corrected chi connectivity index (χ4v) is 10.2. The number of benzene rings is 2. The highest BCUT2D eigenvalue weighted by atomic mass is 16.6. The molecule has 0 atom stereocenters. The minimum absolute atomic E-state index is 0.151. The zero-order valence-electron chi connectivity index (χ0n) is 45.5. The maximum Gasteiger partial charge on any atom is 0.410 e. The number of hydrogen-bond acceptors (Lipinski definition) is 13. The molecule has 4 aliphatic heterocycles. The lowest BCUT2D eigenvalue weighted by Gasteiger charge is -2.46. The number of likely N-dealkylation sites (tertiary alicyclic amines) is 3. The van der Waals surface area contributed by atoms with Crippen LogP contribution in [-0.4, -0.2) is 144 Å². The molecule has 77 heavy (non-hydrogen) atoms. The maximum absolute atomic E-state index is 12.3. The van der Waals surface area contributed by atoms with Crippen molar-refractivity contribution in [2.24, 2.45) is 14.1 Å². The lowest BCUT2D eigenvalue weighted by atomic mass is 9.99. The molecule has 10 heterocycles. The first-order chi connectivity index (χ1) is 36.9. The molecule has 6 aromatic heterocycles. The minimum atomic E-state index is -0.460. The quantitative estimate of drug-likeness (QED) is 0.160. The summed E-state index contributed by atoms with van der Waals surface area (Å²) in [4.78, 5) is 58.3. The van der Waals surface area contributed by atoms with E-state index in [4.69, 9.17) is 18.9 Å². The Morgan fingerprint density at radius 1 is 0.545 bits per heavy atom. The van der Waals surface area contributed by atoms with E-state index in [1.807, 2.05) is 95.8 Å². The van der Waals surface area contributed by atoms with E-state index in [9.17, 15) is 14.4 Å². The number of ether oxygens (including phenoxy) is 4. The average Bonchev–Trinajstić information content (AvgIpc) is 3.89. The Hall–Kier alpha value is -7.63. The van der Waals surface area contributed by atoms with Gasteiger partial charge in [0.05, 0.1) is 11.0 Å². The molecular formula is C60H70N10O7. The summed E-state index contributed by atoms with van der Waals surface area (Å²) in [6.45, 7) is 17.3. The summed E-state index contributed by atoms with van der Waals surface area (Å²) in [7, 11) is 4.19. The second kappa shape index (κ2) is 22.1. The summed E-state index contributed by atoms with van der Waals surface area (Å²) in [5.41, 5.74) is 8.26. The third kappa shape index (κ3) is 12.3. The van der Waals surface area contributed by atoms with Gasteiger partial charge in [-0.15, -0.1) is 0 Å². The van der Waals surface area contributed by atoms with E-state index in [2.05, 4.69) is 114 Å². The number of aryl methyl sites for hydroxylation is 2. The minimum Gasteiger partial charge on any atom is -0.472 e. The van der Waals surface area contributed by atoms with E-state index in [0.29, 0.717) is 43.7 Å². The molecule has 0 unspecified atom stereocenters. The summed E-state index contributed by atoms with van der Waals surface area (Å²) < 4.78 is 27.1. The van der Waals surface area contributed by atoms with Gasteiger partial charge in [-0.3, -0.25) is 19.7 Å². The average molecular weight is 1040 g/mol. The van der Waals surface area contributed by atoms with Crippen LogP contribution >= 0.6 is 0 Å². The zero-order chi connectivity index (χ0) is 54.0. The van der Waals surface area contributed by atoms with Crippen molar-refractivity contribution >= 4 is 61.6 Å². The van der Waals surface area contributed by atoms with Crippen LogP contribution < -0.4 is 14.8 Å². The van der Waals surface area contributed by atoms with Gasteiger partial charge in [0, 0.05) is 178 Å². The SMILES string of the molecule is CC(C)(C)OC(=O)N1CCC(=O)CC1.Cn1c2ccncc2c2ccc(-c3ccc(OC4CN(C5CCN(C(=O)OC(C)(C)C)CC5)C4)nc3)cc21.Cn1c2ccncc2c2ccc(-c3ccc(OC4CNC4)nc3)cc21. The van der Waals surface area contributed by atoms with Crippen LogP contribution in [0.2, 0.25) is 0 Å². The number of Topliss-reactive ketones (excluding diaryl/α,β-unsaturated/α-hetero) is 1. The van der Waals surface area contributed by atoms with Gasteiger partial charge in [-0.2, -0.15) is 0 Å². The van der Waals surface area contributed by atoms with Crippen molar-refractivity contribution in [3.05, 3.63) is 110 Å². The summed E-state index contributed by atoms with van der Waals surface area (Å²) >= 11 is 0. The number of rotatable bonds is 7. The van der Waals surface area contributed by atoms with Gasteiger partial charge in [-0.1, -0.05) is 24.3 Å². The Balaban J connectivity index is 0.000000147. The molecule has 17 heteroatoms. The number of pyridine rings is 4. The standard InChI is InChI=1S/C30H35N5O3.C20H18N4O.C10H17NO3/c1-30(2,3)38-29(36)34-13-10-22(11-14-34)35-18-23(19-35)37-28-8-6-21(16-32-28)20-5-7-24-25-17-31-12-9-26(25)33(4)27(24)15-20;1-24-18-6-7-21-12-17(18)16-4-2-13(8-19(16)24)14-3-5-20(23-9-14)25-15-10-22-11-15;1-10(2,3)14-9(13)11-6-4-8(12)5-7-11/h5-9,12,15-17,22-23H,10-11,13-14,18-19H2,1-4H3;2-9,12,15,22H,10-11H2,1H3;4-7H2,1-3H3. The molecule has 4 saturated heterocycles. The monoisotopic (exact) mass is 1040 g/mol. The van der Waals surface area contributed by atoms with Gasteiger partial charge in [0.1, 0.15) is 29.2 Å². The Bertz CT molecular complexity index is 3390. The van der Waals surface area contributed by atoms with Crippen LogP contribution in [0.3, 0.4) is 0 Å². The van der Waals surface area contributed by atoms with E-state index in [0.717, 1.165) is 74.4 Å². The molecule has 17 nitrogen and oxygen atoms in total. The second-order valence-corrected chi connectivity index (χ2v) is 22.4. The zero-order valence-corrected chi connectivity index (χ0v) is 45.5. The number of ketones is 1. The molecule has 2 amide bonds. The van der Waals surface area contributed by atoms with Crippen molar-refractivity contribution in [2.45, 2.75) is 96.7 Å². The lowest BCUT2D eigenvalue weighted by molar-refractivity contribution is -0.121. The van der Waals surface area contributed by atoms with Crippen LogP contribution in [0, 0.1) is 0 Å². The van der Waals surface area contributed by atoms with Gasteiger partial charge in [0.15, 0.2) is 0 Å². The van der Waals surface area contributed by atoms with E-state index >= 15 is 0 Å². The first kappa shape index (κ1) is 52.8. The van der Waals surface area contributed by atoms with Crippen LogP contribution in [0.5, 0.6) is 11.8 Å². The molecule has 4 aliphatic rings. The van der Waals surface area contributed by atoms with Gasteiger partial charge in [0.25, 0.3) is 0 Å². The molecule has 12 rings (SSSR count). The number of piperidine rings is 2. The van der Waals surface area contributed by atoms with Gasteiger partial charge >= 0.3 is 12.2 Å². The highest BCUT2D eigenvalue weighted by molar-refractivity contribution is 6.09.